The molecule has 0 aliphatic rings. The molecule has 0 saturated carbocycles. The summed E-state index contributed by atoms with van der Waals surface area (Å²) in [7, 11) is 1.15. The van der Waals surface area contributed by atoms with Crippen LogP contribution in [-0.4, -0.2) is 26.6 Å². The van der Waals surface area contributed by atoms with E-state index in [4.69, 9.17) is 0 Å². The number of fused-ring (bicyclic) bond motifs is 2. The molecule has 4 aromatic rings. The molecule has 0 atom stereocenters. The second-order valence-corrected chi connectivity index (χ2v) is 7.78. The molecule has 0 aliphatic heterocycles. The molecule has 7 nitrogen and oxygen atoms in total. The standard InChI is InChI=1S/C21H12F6N2O5/c1-8-3-4-14(13(5-8)19(34,20(22,23)24)21(25,26)27)29-17(32)11-6-9-10(7-12(11)18(29)33)16(31)28(2)15(9)30/h3-7,34H,1-2H3. The maximum atomic E-state index is 13.6. The molecule has 0 saturated heterocycles. The Labute approximate surface area is 183 Å². The fraction of sp³-hybridized carbons (Fsp3) is 0.238. The molecular weight excluding hydrogens is 474 g/mol. The molecule has 1 N–H and O–H groups in total. The highest BCUT2D eigenvalue weighted by atomic mass is 19.4. The number of benzene rings is 2. The Morgan fingerprint density at radius 1 is 0.706 bits per heavy atom. The van der Waals surface area contributed by atoms with E-state index in [0.29, 0.717) is 12.1 Å². The zero-order valence-corrected chi connectivity index (χ0v) is 17.1. The van der Waals surface area contributed by atoms with E-state index in [1.165, 1.54) is 0 Å². The van der Waals surface area contributed by atoms with Crippen LogP contribution < -0.4 is 22.2 Å². The molecule has 2 aromatic carbocycles. The van der Waals surface area contributed by atoms with Crippen LogP contribution in [0.4, 0.5) is 26.3 Å². The molecule has 4 rings (SSSR count). The summed E-state index contributed by atoms with van der Waals surface area (Å²) in [5, 5.41) is 8.47. The number of aromatic nitrogens is 2. The van der Waals surface area contributed by atoms with Crippen LogP contribution in [0.5, 0.6) is 0 Å². The third kappa shape index (κ3) is 2.89. The minimum absolute atomic E-state index is 0.0513. The molecule has 0 bridgehead atoms. The highest BCUT2D eigenvalue weighted by Crippen LogP contribution is 2.51. The van der Waals surface area contributed by atoms with Crippen LogP contribution in [-0.2, 0) is 12.6 Å². The minimum atomic E-state index is -6.27. The third-order valence-corrected chi connectivity index (χ3v) is 5.70. The zero-order chi connectivity index (χ0) is 25.5. The van der Waals surface area contributed by atoms with E-state index in [2.05, 4.69) is 0 Å². The molecule has 34 heavy (non-hydrogen) atoms. The van der Waals surface area contributed by atoms with Gasteiger partial charge in [-0.05, 0) is 25.1 Å². The van der Waals surface area contributed by atoms with E-state index in [1.54, 1.807) is 0 Å². The van der Waals surface area contributed by atoms with Gasteiger partial charge in [0.1, 0.15) is 0 Å². The first-order valence-corrected chi connectivity index (χ1v) is 9.38. The molecule has 0 aliphatic carbocycles. The summed E-state index contributed by atoms with van der Waals surface area (Å²) in [5.41, 5.74) is -12.7. The van der Waals surface area contributed by atoms with Gasteiger partial charge in [0, 0.05) is 12.6 Å². The summed E-state index contributed by atoms with van der Waals surface area (Å²) < 4.78 is 82.3. The van der Waals surface area contributed by atoms with Crippen molar-refractivity contribution in [2.24, 2.45) is 7.05 Å². The Balaban J connectivity index is 2.17. The lowest BCUT2D eigenvalue weighted by atomic mass is 9.89. The summed E-state index contributed by atoms with van der Waals surface area (Å²) in [4.78, 5) is 50.4. The van der Waals surface area contributed by atoms with Crippen LogP contribution in [0, 0.1) is 6.92 Å². The van der Waals surface area contributed by atoms with Crippen LogP contribution in [0.25, 0.3) is 27.2 Å². The Kier molecular flexibility index (Phi) is 4.74. The summed E-state index contributed by atoms with van der Waals surface area (Å²) in [6, 6.07) is 3.89. The quantitative estimate of drug-likeness (QED) is 0.438. The Bertz CT molecular complexity index is 1610. The molecule has 0 spiro atoms. The molecule has 0 fully saturated rings. The van der Waals surface area contributed by atoms with Crippen molar-refractivity contribution in [1.29, 1.82) is 0 Å². The van der Waals surface area contributed by atoms with Crippen molar-refractivity contribution in [3.8, 4) is 5.69 Å². The lowest BCUT2D eigenvalue weighted by Gasteiger charge is -2.34. The van der Waals surface area contributed by atoms with Crippen LogP contribution in [0.2, 0.25) is 0 Å². The second kappa shape index (κ2) is 6.88. The number of nitrogens with zero attached hydrogens (tertiary/aromatic N) is 2. The summed E-state index contributed by atoms with van der Waals surface area (Å²) >= 11 is 0. The van der Waals surface area contributed by atoms with Crippen LogP contribution in [0.1, 0.15) is 11.1 Å². The molecule has 0 radical (unpaired) electrons. The molecule has 178 valence electrons. The van der Waals surface area contributed by atoms with Gasteiger partial charge in [0.05, 0.1) is 27.2 Å². The SMILES string of the molecule is Cc1ccc(-n2c(=O)c3cc4c(=O)n(C)c(=O)c4cc3c2=O)c(C(O)(C(F)(F)F)C(F)(F)F)c1. The Morgan fingerprint density at radius 3 is 1.53 bits per heavy atom. The minimum Gasteiger partial charge on any atom is -0.369 e. The third-order valence-electron chi connectivity index (χ3n) is 5.70. The first-order valence-electron chi connectivity index (χ1n) is 9.38. The predicted molar refractivity (Wildman–Crippen MR) is 108 cm³/mol. The summed E-state index contributed by atoms with van der Waals surface area (Å²) in [5.74, 6) is 0. The number of hydrogen-bond donors (Lipinski definition) is 1. The maximum Gasteiger partial charge on any atom is 0.430 e. The van der Waals surface area contributed by atoms with Gasteiger partial charge in [-0.2, -0.15) is 26.3 Å². The largest absolute Gasteiger partial charge is 0.430 e. The lowest BCUT2D eigenvalue weighted by Crippen LogP contribution is -2.54. The van der Waals surface area contributed by atoms with Crippen molar-refractivity contribution in [3.63, 3.8) is 0 Å². The van der Waals surface area contributed by atoms with E-state index in [0.717, 1.165) is 36.7 Å². The number of rotatable bonds is 2. The van der Waals surface area contributed by atoms with Gasteiger partial charge in [-0.15, -0.1) is 0 Å². The molecule has 13 heteroatoms. The number of hydrogen-bond acceptors (Lipinski definition) is 5. The number of aryl methyl sites for hydroxylation is 1. The molecule has 0 unspecified atom stereocenters. The average molecular weight is 486 g/mol. The van der Waals surface area contributed by atoms with Crippen molar-refractivity contribution in [3.05, 3.63) is 82.9 Å². The summed E-state index contributed by atoms with van der Waals surface area (Å²) in [6.45, 7) is 1.15. The normalized spacial score (nSPS) is 13.3. The fourth-order valence-electron chi connectivity index (χ4n) is 3.91. The lowest BCUT2D eigenvalue weighted by molar-refractivity contribution is -0.376. The van der Waals surface area contributed by atoms with Crippen LogP contribution in [0.3, 0.4) is 0 Å². The van der Waals surface area contributed by atoms with Gasteiger partial charge in [0.15, 0.2) is 0 Å². The maximum absolute atomic E-state index is 13.6. The first-order chi connectivity index (χ1) is 15.5. The summed E-state index contributed by atoms with van der Waals surface area (Å²) in [6.07, 6.45) is -12.5. The van der Waals surface area contributed by atoms with Gasteiger partial charge in [-0.1, -0.05) is 17.7 Å². The van der Waals surface area contributed by atoms with Crippen molar-refractivity contribution in [2.45, 2.75) is 24.9 Å². The Hall–Kier alpha value is -3.74. The molecule has 2 heterocycles. The van der Waals surface area contributed by atoms with E-state index in [9.17, 15) is 50.6 Å². The molecule has 2 aromatic heterocycles. The van der Waals surface area contributed by atoms with Gasteiger partial charge >= 0.3 is 12.4 Å². The van der Waals surface area contributed by atoms with Crippen molar-refractivity contribution in [2.75, 3.05) is 0 Å². The smallest absolute Gasteiger partial charge is 0.369 e. The van der Waals surface area contributed by atoms with Crippen molar-refractivity contribution < 1.29 is 31.4 Å². The van der Waals surface area contributed by atoms with Gasteiger partial charge in [-0.25, -0.2) is 4.57 Å². The zero-order valence-electron chi connectivity index (χ0n) is 17.1. The highest BCUT2D eigenvalue weighted by Gasteiger charge is 2.72. The highest BCUT2D eigenvalue weighted by molar-refractivity contribution is 5.98. The number of alkyl halides is 6. The first kappa shape index (κ1) is 23.4. The van der Waals surface area contributed by atoms with Gasteiger partial charge in [0.2, 0.25) is 0 Å². The number of halogens is 6. The monoisotopic (exact) mass is 486 g/mol. The second-order valence-electron chi connectivity index (χ2n) is 7.78. The molecule has 0 amide bonds. The molecular formula is C21H12F6N2O5. The average Bonchev–Trinajstić information content (AvgIpc) is 3.10. The van der Waals surface area contributed by atoms with E-state index < -0.39 is 62.2 Å². The predicted octanol–water partition coefficient (Wildman–Crippen LogP) is 2.06. The van der Waals surface area contributed by atoms with Gasteiger partial charge in [-0.3, -0.25) is 23.7 Å². The Morgan fingerprint density at radius 2 is 1.12 bits per heavy atom. The van der Waals surface area contributed by atoms with Crippen molar-refractivity contribution in [1.82, 2.24) is 9.13 Å². The number of aliphatic hydroxyl groups is 1. The van der Waals surface area contributed by atoms with E-state index in [1.807, 2.05) is 0 Å². The topological polar surface area (TPSA) is 98.4 Å². The van der Waals surface area contributed by atoms with Crippen LogP contribution in [0.15, 0.2) is 49.5 Å². The van der Waals surface area contributed by atoms with Gasteiger partial charge < -0.3 is 5.11 Å². The van der Waals surface area contributed by atoms with Crippen LogP contribution >= 0.6 is 0 Å². The fourth-order valence-corrected chi connectivity index (χ4v) is 3.91. The van der Waals surface area contributed by atoms with E-state index in [-0.39, 0.29) is 20.9 Å². The van der Waals surface area contributed by atoms with Crippen molar-refractivity contribution >= 4 is 21.5 Å². The van der Waals surface area contributed by atoms with Gasteiger partial charge in [0.25, 0.3) is 27.8 Å². The van der Waals surface area contributed by atoms with E-state index >= 15 is 0 Å².